The zero-order valence-corrected chi connectivity index (χ0v) is 10.6. The van der Waals surface area contributed by atoms with E-state index in [9.17, 15) is 4.79 Å². The van der Waals surface area contributed by atoms with Crippen LogP contribution in [0, 0.1) is 29.1 Å². The number of amides is 1. The Morgan fingerprint density at radius 1 is 1.65 bits per heavy atom. The Kier molecular flexibility index (Phi) is 2.37. The van der Waals surface area contributed by atoms with Crippen molar-refractivity contribution in [1.29, 1.82) is 0 Å². The largest absolute Gasteiger partial charge is 0.368 e. The molecule has 2 bridgehead atoms. The summed E-state index contributed by atoms with van der Waals surface area (Å²) < 4.78 is 0. The normalized spacial score (nSPS) is 48.4. The summed E-state index contributed by atoms with van der Waals surface area (Å²) in [6.07, 6.45) is 7.20. The van der Waals surface area contributed by atoms with Crippen molar-refractivity contribution in [2.75, 3.05) is 6.54 Å². The zero-order chi connectivity index (χ0) is 12.2. The lowest BCUT2D eigenvalue weighted by molar-refractivity contribution is -0.121. The van der Waals surface area contributed by atoms with Gasteiger partial charge in [0, 0.05) is 0 Å². The minimum atomic E-state index is -0.166. The van der Waals surface area contributed by atoms with E-state index in [2.05, 4.69) is 31.3 Å². The topological polar surface area (TPSA) is 55.1 Å². The second-order valence-electron chi connectivity index (χ2n) is 6.13. The number of allylic oxidation sites excluding steroid dienone is 2. The van der Waals surface area contributed by atoms with Gasteiger partial charge in [0.2, 0.25) is 5.91 Å². The lowest BCUT2D eigenvalue weighted by atomic mass is 9.64. The van der Waals surface area contributed by atoms with Gasteiger partial charge in [-0.15, -0.1) is 0 Å². The molecule has 3 N–H and O–H groups in total. The van der Waals surface area contributed by atoms with Gasteiger partial charge >= 0.3 is 0 Å². The van der Waals surface area contributed by atoms with Crippen molar-refractivity contribution in [3.63, 3.8) is 0 Å². The molecule has 1 saturated carbocycles. The molecule has 1 heterocycles. The van der Waals surface area contributed by atoms with Crippen molar-refractivity contribution in [2.45, 2.75) is 32.7 Å². The van der Waals surface area contributed by atoms with E-state index in [0.717, 1.165) is 6.54 Å². The van der Waals surface area contributed by atoms with Gasteiger partial charge in [0.15, 0.2) is 0 Å². The lowest BCUT2D eigenvalue weighted by Gasteiger charge is -2.39. The van der Waals surface area contributed by atoms with Crippen LogP contribution in [0.25, 0.3) is 0 Å². The van der Waals surface area contributed by atoms with Crippen molar-refractivity contribution in [1.82, 2.24) is 5.32 Å². The molecule has 6 atom stereocenters. The van der Waals surface area contributed by atoms with E-state index in [0.29, 0.717) is 23.7 Å². The molecule has 0 radical (unpaired) electrons. The summed E-state index contributed by atoms with van der Waals surface area (Å²) in [6, 6.07) is -0.107. The van der Waals surface area contributed by atoms with Crippen molar-refractivity contribution >= 4 is 5.91 Å². The predicted octanol–water partition coefficient (Wildman–Crippen LogP) is 1.30. The number of hydrogen-bond donors (Lipinski definition) is 2. The Morgan fingerprint density at radius 3 is 3.06 bits per heavy atom. The van der Waals surface area contributed by atoms with Crippen LogP contribution in [-0.2, 0) is 4.79 Å². The first-order valence-electron chi connectivity index (χ1n) is 6.82. The minimum absolute atomic E-state index is 0.107. The van der Waals surface area contributed by atoms with E-state index in [1.165, 1.54) is 12.8 Å². The number of fused-ring (bicyclic) bond motifs is 5. The standard InChI is InChI=1S/C14H22N2O/c1-3-8(2)14-5-4-9(6-14)10-7-16-12(11(10)14)13(15)17/h4-5,8-12,16H,3,6-7H2,1-2H3,(H2,15,17). The first kappa shape index (κ1) is 11.3. The summed E-state index contributed by atoms with van der Waals surface area (Å²) in [4.78, 5) is 11.6. The van der Waals surface area contributed by atoms with Crippen LogP contribution >= 0.6 is 0 Å². The summed E-state index contributed by atoms with van der Waals surface area (Å²) in [5.74, 6) is 2.21. The van der Waals surface area contributed by atoms with Crippen LogP contribution in [0.1, 0.15) is 26.7 Å². The summed E-state index contributed by atoms with van der Waals surface area (Å²) >= 11 is 0. The van der Waals surface area contributed by atoms with Gasteiger partial charge < -0.3 is 11.1 Å². The fourth-order valence-corrected chi connectivity index (χ4v) is 4.63. The van der Waals surface area contributed by atoms with E-state index >= 15 is 0 Å². The molecule has 1 aliphatic heterocycles. The third kappa shape index (κ3) is 1.29. The fraction of sp³-hybridized carbons (Fsp3) is 0.786. The van der Waals surface area contributed by atoms with E-state index in [1.54, 1.807) is 0 Å². The first-order chi connectivity index (χ1) is 8.10. The maximum Gasteiger partial charge on any atom is 0.234 e. The van der Waals surface area contributed by atoms with Crippen molar-refractivity contribution in [2.24, 2.45) is 34.8 Å². The molecule has 2 aliphatic carbocycles. The average molecular weight is 234 g/mol. The van der Waals surface area contributed by atoms with Crippen molar-refractivity contribution in [3.8, 4) is 0 Å². The van der Waals surface area contributed by atoms with Gasteiger partial charge in [0.25, 0.3) is 0 Å². The Hall–Kier alpha value is -0.830. The molecule has 0 spiro atoms. The number of hydrogen-bond acceptors (Lipinski definition) is 2. The van der Waals surface area contributed by atoms with Gasteiger partial charge in [-0.2, -0.15) is 0 Å². The highest BCUT2D eigenvalue weighted by Crippen LogP contribution is 2.63. The zero-order valence-electron chi connectivity index (χ0n) is 10.6. The summed E-state index contributed by atoms with van der Waals surface area (Å²) in [6.45, 7) is 5.53. The Labute approximate surface area is 103 Å². The molecule has 0 aromatic heterocycles. The molecule has 17 heavy (non-hydrogen) atoms. The van der Waals surface area contributed by atoms with E-state index < -0.39 is 0 Å². The molecule has 3 heteroatoms. The molecule has 3 nitrogen and oxygen atoms in total. The number of rotatable bonds is 3. The number of carbonyl (C=O) groups excluding carboxylic acids is 1. The van der Waals surface area contributed by atoms with E-state index in [1.807, 2.05) is 0 Å². The van der Waals surface area contributed by atoms with E-state index in [4.69, 9.17) is 5.73 Å². The second kappa shape index (κ2) is 3.58. The maximum atomic E-state index is 11.6. The van der Waals surface area contributed by atoms with E-state index in [-0.39, 0.29) is 17.4 Å². The smallest absolute Gasteiger partial charge is 0.234 e. The lowest BCUT2D eigenvalue weighted by Crippen LogP contribution is -2.47. The van der Waals surface area contributed by atoms with Crippen LogP contribution in [0.15, 0.2) is 12.2 Å². The highest BCUT2D eigenvalue weighted by atomic mass is 16.1. The van der Waals surface area contributed by atoms with Gasteiger partial charge in [0.1, 0.15) is 0 Å². The molecule has 0 aromatic carbocycles. The Morgan fingerprint density at radius 2 is 2.41 bits per heavy atom. The van der Waals surface area contributed by atoms with Gasteiger partial charge in [-0.05, 0) is 42.1 Å². The number of primary amides is 1. The molecular formula is C14H22N2O. The highest BCUT2D eigenvalue weighted by molar-refractivity contribution is 5.81. The Balaban J connectivity index is 1.99. The van der Waals surface area contributed by atoms with Crippen LogP contribution in [0.5, 0.6) is 0 Å². The number of nitrogens with two attached hydrogens (primary N) is 1. The Bertz CT molecular complexity index is 378. The third-order valence-electron chi connectivity index (χ3n) is 5.64. The van der Waals surface area contributed by atoms with Crippen molar-refractivity contribution in [3.05, 3.63) is 12.2 Å². The third-order valence-corrected chi connectivity index (χ3v) is 5.64. The minimum Gasteiger partial charge on any atom is -0.368 e. The molecule has 1 saturated heterocycles. The fourth-order valence-electron chi connectivity index (χ4n) is 4.63. The van der Waals surface area contributed by atoms with Crippen LogP contribution < -0.4 is 11.1 Å². The molecule has 1 amide bonds. The monoisotopic (exact) mass is 234 g/mol. The molecule has 94 valence electrons. The molecule has 0 aromatic rings. The van der Waals surface area contributed by atoms with Gasteiger partial charge in [0.05, 0.1) is 6.04 Å². The quantitative estimate of drug-likeness (QED) is 0.723. The van der Waals surface area contributed by atoms with Crippen molar-refractivity contribution < 1.29 is 4.79 Å². The SMILES string of the molecule is CCC(C)C12C=CC(C1)C1CNC(C(N)=O)C12. The summed E-state index contributed by atoms with van der Waals surface area (Å²) in [5, 5.41) is 3.35. The summed E-state index contributed by atoms with van der Waals surface area (Å²) in [7, 11) is 0. The number of carbonyl (C=O) groups is 1. The van der Waals surface area contributed by atoms with Gasteiger partial charge in [-0.1, -0.05) is 32.4 Å². The summed E-state index contributed by atoms with van der Waals surface area (Å²) in [5.41, 5.74) is 5.79. The average Bonchev–Trinajstić information content (AvgIpc) is 2.97. The molecule has 3 aliphatic rings. The van der Waals surface area contributed by atoms with Crippen LogP contribution in [0.3, 0.4) is 0 Å². The molecule has 2 fully saturated rings. The van der Waals surface area contributed by atoms with Gasteiger partial charge in [-0.25, -0.2) is 0 Å². The first-order valence-corrected chi connectivity index (χ1v) is 6.82. The molecule has 6 unspecified atom stereocenters. The second-order valence-corrected chi connectivity index (χ2v) is 6.13. The molecule has 3 rings (SSSR count). The van der Waals surface area contributed by atoms with Crippen LogP contribution in [0.2, 0.25) is 0 Å². The highest BCUT2D eigenvalue weighted by Gasteiger charge is 2.62. The molecular weight excluding hydrogens is 212 g/mol. The predicted molar refractivity (Wildman–Crippen MR) is 67.1 cm³/mol. The maximum absolute atomic E-state index is 11.6. The van der Waals surface area contributed by atoms with Crippen LogP contribution in [0.4, 0.5) is 0 Å². The van der Waals surface area contributed by atoms with Crippen LogP contribution in [-0.4, -0.2) is 18.5 Å². The number of nitrogens with one attached hydrogen (secondary N) is 1. The van der Waals surface area contributed by atoms with Gasteiger partial charge in [-0.3, -0.25) is 4.79 Å².